The first-order valence-electron chi connectivity index (χ1n) is 13.8. The van der Waals surface area contributed by atoms with E-state index in [4.69, 9.17) is 14.7 Å². The van der Waals surface area contributed by atoms with Crippen LogP contribution in [-0.4, -0.2) is 74.8 Å². The Balaban J connectivity index is 1.17. The van der Waals surface area contributed by atoms with E-state index >= 15 is 0 Å². The van der Waals surface area contributed by atoms with Gasteiger partial charge >= 0.3 is 0 Å². The monoisotopic (exact) mass is 498 g/mol. The number of carbonyl (C=O) groups excluding carboxylic acids is 1. The minimum absolute atomic E-state index is 0.106. The maximum Gasteiger partial charge on any atom is 0.257 e. The first-order valence-corrected chi connectivity index (χ1v) is 13.8. The van der Waals surface area contributed by atoms with Gasteiger partial charge in [0.1, 0.15) is 5.75 Å². The van der Waals surface area contributed by atoms with Crippen LogP contribution in [0.2, 0.25) is 0 Å². The summed E-state index contributed by atoms with van der Waals surface area (Å²) >= 11 is 0. The van der Waals surface area contributed by atoms with Crippen molar-refractivity contribution in [2.45, 2.75) is 63.3 Å². The van der Waals surface area contributed by atoms with E-state index in [0.717, 1.165) is 91.7 Å². The van der Waals surface area contributed by atoms with E-state index < -0.39 is 0 Å². The Morgan fingerprint density at radius 2 is 1.76 bits per heavy atom. The Hall–Kier alpha value is -3.26. The van der Waals surface area contributed by atoms with E-state index in [0.29, 0.717) is 11.9 Å². The number of methoxy groups -OCH3 is 1. The van der Waals surface area contributed by atoms with Gasteiger partial charge in [-0.25, -0.2) is 14.6 Å². The van der Waals surface area contributed by atoms with Crippen molar-refractivity contribution in [2.75, 3.05) is 33.3 Å². The molecule has 0 spiro atoms. The molecule has 8 nitrogen and oxygen atoms in total. The summed E-state index contributed by atoms with van der Waals surface area (Å²) in [5.74, 6) is 1.87. The summed E-state index contributed by atoms with van der Waals surface area (Å²) in [6.07, 6.45) is 13.0. The minimum Gasteiger partial charge on any atom is -0.497 e. The molecule has 0 radical (unpaired) electrons. The number of aryl methyl sites for hydroxylation is 2. The smallest absolute Gasteiger partial charge is 0.257 e. The maximum absolute atomic E-state index is 13.7. The number of carbonyl (C=O) groups is 1. The van der Waals surface area contributed by atoms with Crippen molar-refractivity contribution in [3.8, 4) is 23.0 Å². The van der Waals surface area contributed by atoms with Gasteiger partial charge in [0.15, 0.2) is 0 Å². The van der Waals surface area contributed by atoms with Gasteiger partial charge in [-0.1, -0.05) is 12.8 Å². The van der Waals surface area contributed by atoms with E-state index in [1.807, 2.05) is 21.8 Å². The number of ether oxygens (including phenoxy) is 1. The third kappa shape index (κ3) is 4.11. The Bertz CT molecular complexity index is 1330. The molecule has 1 saturated heterocycles. The lowest BCUT2D eigenvalue weighted by molar-refractivity contribution is 0.0572. The standard InChI is InChI=1S/C29H34N6O2/c1-37-23-10-11-24-20(16-23)8-9-21-17-30-29(32-26(21)24)35-27(19-6-7-19)25(18-31-35)28(36)34-14-12-33(13-15-34)22-4-2-3-5-22/h10-11,16-19,22H,2-9,12-15H2,1H3. The van der Waals surface area contributed by atoms with Gasteiger partial charge in [0, 0.05) is 49.9 Å². The number of benzene rings is 1. The maximum atomic E-state index is 13.7. The molecule has 0 bridgehead atoms. The lowest BCUT2D eigenvalue weighted by Gasteiger charge is -2.38. The van der Waals surface area contributed by atoms with Crippen LogP contribution in [0.3, 0.4) is 0 Å². The van der Waals surface area contributed by atoms with Crippen molar-refractivity contribution >= 4 is 5.91 Å². The lowest BCUT2D eigenvalue weighted by atomic mass is 9.90. The quantitative estimate of drug-likeness (QED) is 0.529. The summed E-state index contributed by atoms with van der Waals surface area (Å²) in [7, 11) is 1.70. The van der Waals surface area contributed by atoms with E-state index in [1.54, 1.807) is 13.3 Å². The summed E-state index contributed by atoms with van der Waals surface area (Å²) < 4.78 is 7.26. The second kappa shape index (κ2) is 9.24. The van der Waals surface area contributed by atoms with Gasteiger partial charge in [-0.2, -0.15) is 5.10 Å². The normalized spacial score (nSPS) is 20.1. The zero-order valence-electron chi connectivity index (χ0n) is 21.5. The molecule has 3 aromatic rings. The average molecular weight is 499 g/mol. The molecular formula is C29H34N6O2. The molecule has 2 saturated carbocycles. The summed E-state index contributed by atoms with van der Waals surface area (Å²) in [5, 5.41) is 4.69. The minimum atomic E-state index is 0.106. The lowest BCUT2D eigenvalue weighted by Crippen LogP contribution is -2.51. The largest absolute Gasteiger partial charge is 0.497 e. The highest BCUT2D eigenvalue weighted by Crippen LogP contribution is 2.43. The first-order chi connectivity index (χ1) is 18.2. The molecule has 7 rings (SSSR count). The van der Waals surface area contributed by atoms with Crippen LogP contribution in [0.15, 0.2) is 30.6 Å². The van der Waals surface area contributed by atoms with E-state index in [1.165, 1.54) is 31.2 Å². The van der Waals surface area contributed by atoms with Crippen molar-refractivity contribution in [1.82, 2.24) is 29.5 Å². The molecule has 0 unspecified atom stereocenters. The van der Waals surface area contributed by atoms with Gasteiger partial charge in [-0.05, 0) is 67.9 Å². The van der Waals surface area contributed by atoms with E-state index in [-0.39, 0.29) is 5.91 Å². The Kier molecular flexibility index (Phi) is 5.72. The van der Waals surface area contributed by atoms with Crippen molar-refractivity contribution in [2.24, 2.45) is 0 Å². The number of hydrogen-bond donors (Lipinski definition) is 0. The molecule has 1 amide bonds. The molecule has 1 aromatic carbocycles. The van der Waals surface area contributed by atoms with E-state index in [9.17, 15) is 4.79 Å². The zero-order chi connectivity index (χ0) is 24.9. The molecule has 2 aromatic heterocycles. The van der Waals surface area contributed by atoms with Crippen LogP contribution in [0, 0.1) is 0 Å². The predicted octanol–water partition coefficient (Wildman–Crippen LogP) is 4.01. The number of fused-ring (bicyclic) bond motifs is 3. The third-order valence-corrected chi connectivity index (χ3v) is 8.72. The van der Waals surface area contributed by atoms with E-state index in [2.05, 4.69) is 22.1 Å². The highest BCUT2D eigenvalue weighted by molar-refractivity contribution is 5.95. The van der Waals surface area contributed by atoms with Crippen LogP contribution in [0.5, 0.6) is 5.75 Å². The number of rotatable bonds is 5. The molecule has 1 aliphatic heterocycles. The molecule has 37 heavy (non-hydrogen) atoms. The van der Waals surface area contributed by atoms with Crippen LogP contribution in [0.25, 0.3) is 17.2 Å². The predicted molar refractivity (Wildman–Crippen MR) is 140 cm³/mol. The summed E-state index contributed by atoms with van der Waals surface area (Å²) in [5.41, 5.74) is 6.19. The Morgan fingerprint density at radius 3 is 2.51 bits per heavy atom. The zero-order valence-corrected chi connectivity index (χ0v) is 21.5. The number of aromatic nitrogens is 4. The summed E-state index contributed by atoms with van der Waals surface area (Å²) in [6.45, 7) is 3.53. The van der Waals surface area contributed by atoms with Gasteiger partial charge in [0.25, 0.3) is 11.9 Å². The number of nitrogens with zero attached hydrogens (tertiary/aromatic N) is 6. The molecule has 3 heterocycles. The SMILES string of the molecule is COc1ccc2c(c1)CCc1cnc(-n3ncc(C(=O)N4CCN(C5CCCC5)CC4)c3C3CC3)nc1-2. The van der Waals surface area contributed by atoms with Crippen LogP contribution >= 0.6 is 0 Å². The molecular weight excluding hydrogens is 464 g/mol. The van der Waals surface area contributed by atoms with Gasteiger partial charge < -0.3 is 9.64 Å². The highest BCUT2D eigenvalue weighted by atomic mass is 16.5. The number of piperazine rings is 1. The second-order valence-corrected chi connectivity index (χ2v) is 11.0. The molecule has 4 aliphatic rings. The number of hydrogen-bond acceptors (Lipinski definition) is 6. The molecule has 3 fully saturated rings. The van der Waals surface area contributed by atoms with Crippen LogP contribution in [0.1, 0.15) is 71.6 Å². The van der Waals surface area contributed by atoms with Gasteiger partial charge in [0.05, 0.1) is 30.3 Å². The van der Waals surface area contributed by atoms with Gasteiger partial charge in [-0.15, -0.1) is 0 Å². The fourth-order valence-electron chi connectivity index (χ4n) is 6.48. The molecule has 3 aliphatic carbocycles. The molecule has 8 heteroatoms. The van der Waals surface area contributed by atoms with Crippen molar-refractivity contribution in [1.29, 1.82) is 0 Å². The molecule has 0 N–H and O–H groups in total. The highest BCUT2D eigenvalue weighted by Gasteiger charge is 2.36. The third-order valence-electron chi connectivity index (χ3n) is 8.72. The van der Waals surface area contributed by atoms with Crippen LogP contribution in [0.4, 0.5) is 0 Å². The summed E-state index contributed by atoms with van der Waals surface area (Å²) in [4.78, 5) is 28.0. The van der Waals surface area contributed by atoms with Crippen LogP contribution < -0.4 is 4.74 Å². The fourth-order valence-corrected chi connectivity index (χ4v) is 6.48. The first kappa shape index (κ1) is 22.9. The van der Waals surface area contributed by atoms with Crippen LogP contribution in [-0.2, 0) is 12.8 Å². The second-order valence-electron chi connectivity index (χ2n) is 11.0. The van der Waals surface area contributed by atoms with Crippen molar-refractivity contribution in [3.05, 3.63) is 53.0 Å². The van der Waals surface area contributed by atoms with Crippen molar-refractivity contribution in [3.63, 3.8) is 0 Å². The fraction of sp³-hybridized carbons (Fsp3) is 0.517. The Morgan fingerprint density at radius 1 is 0.973 bits per heavy atom. The van der Waals surface area contributed by atoms with Crippen molar-refractivity contribution < 1.29 is 9.53 Å². The summed E-state index contributed by atoms with van der Waals surface area (Å²) in [6, 6.07) is 6.90. The average Bonchev–Trinajstić information content (AvgIpc) is 3.45. The van der Waals surface area contributed by atoms with Gasteiger partial charge in [-0.3, -0.25) is 9.69 Å². The molecule has 192 valence electrons. The number of amides is 1. The van der Waals surface area contributed by atoms with Gasteiger partial charge in [0.2, 0.25) is 0 Å². The topological polar surface area (TPSA) is 76.4 Å². The molecule has 0 atom stereocenters. The Labute approximate surface area is 217 Å².